The summed E-state index contributed by atoms with van der Waals surface area (Å²) in [6, 6.07) is 63.0. The summed E-state index contributed by atoms with van der Waals surface area (Å²) in [7, 11) is 0. The largest absolute Gasteiger partial charge is 0.310 e. The summed E-state index contributed by atoms with van der Waals surface area (Å²) in [4.78, 5) is 2.45. The van der Waals surface area contributed by atoms with Crippen LogP contribution in [0.3, 0.4) is 0 Å². The van der Waals surface area contributed by atoms with Crippen molar-refractivity contribution in [1.29, 1.82) is 0 Å². The van der Waals surface area contributed by atoms with Crippen LogP contribution in [0.4, 0.5) is 17.1 Å². The summed E-state index contributed by atoms with van der Waals surface area (Å²) < 4.78 is 0. The molecule has 1 spiro atoms. The van der Waals surface area contributed by atoms with Crippen LogP contribution >= 0.6 is 0 Å². The maximum Gasteiger partial charge on any atom is 0.0726 e. The molecule has 10 rings (SSSR count). The predicted molar refractivity (Wildman–Crippen MR) is 230 cm³/mol. The van der Waals surface area contributed by atoms with Crippen LogP contribution in [0.25, 0.3) is 39.0 Å². The fourth-order valence-corrected chi connectivity index (χ4v) is 8.78. The number of rotatable bonds is 5. The van der Waals surface area contributed by atoms with Crippen LogP contribution in [-0.2, 0) is 5.41 Å². The Hall–Kier alpha value is -6.44. The van der Waals surface area contributed by atoms with E-state index in [1.807, 2.05) is 26.0 Å². The Morgan fingerprint density at radius 3 is 1.50 bits per heavy atom. The number of anilines is 3. The fourth-order valence-electron chi connectivity index (χ4n) is 8.78. The molecular weight excluding hydrogens is 651 g/mol. The molecule has 0 amide bonds. The molecule has 3 aliphatic carbocycles. The molecule has 0 unspecified atom stereocenters. The molecule has 0 N–H and O–H groups in total. The Bertz CT molecular complexity index is 2520. The predicted octanol–water partition coefficient (Wildman–Crippen LogP) is 14.5. The molecule has 7 aromatic rings. The normalized spacial score (nSPS) is 14.1. The van der Waals surface area contributed by atoms with Gasteiger partial charge in [0.15, 0.2) is 0 Å². The van der Waals surface area contributed by atoms with Crippen LogP contribution in [0, 0.1) is 0 Å². The Morgan fingerprint density at radius 2 is 0.926 bits per heavy atom. The van der Waals surface area contributed by atoms with E-state index in [0.717, 1.165) is 29.9 Å². The van der Waals surface area contributed by atoms with Gasteiger partial charge in [0, 0.05) is 17.1 Å². The first-order chi connectivity index (χ1) is 26.7. The Labute approximate surface area is 319 Å². The van der Waals surface area contributed by atoms with Crippen molar-refractivity contribution in [2.24, 2.45) is 0 Å². The van der Waals surface area contributed by atoms with Crippen LogP contribution in [0.2, 0.25) is 0 Å². The van der Waals surface area contributed by atoms with E-state index in [1.165, 1.54) is 66.8 Å². The third kappa shape index (κ3) is 5.47. The highest BCUT2D eigenvalue weighted by Crippen LogP contribution is 2.63. The highest BCUT2D eigenvalue weighted by atomic mass is 15.1. The quantitative estimate of drug-likeness (QED) is 0.162. The molecule has 1 heteroatoms. The smallest absolute Gasteiger partial charge is 0.0726 e. The van der Waals surface area contributed by atoms with Crippen molar-refractivity contribution in [1.82, 2.24) is 0 Å². The first-order valence-electron chi connectivity index (χ1n) is 19.2. The van der Waals surface area contributed by atoms with Crippen LogP contribution in [0.5, 0.6) is 0 Å². The molecule has 0 aliphatic heterocycles. The highest BCUT2D eigenvalue weighted by molar-refractivity contribution is 5.96. The third-order valence-electron chi connectivity index (χ3n) is 11.2. The molecule has 54 heavy (non-hydrogen) atoms. The van der Waals surface area contributed by atoms with Gasteiger partial charge >= 0.3 is 0 Å². The van der Waals surface area contributed by atoms with Gasteiger partial charge in [-0.2, -0.15) is 0 Å². The molecule has 0 fully saturated rings. The lowest BCUT2D eigenvalue weighted by Gasteiger charge is -2.32. The van der Waals surface area contributed by atoms with Crippen LogP contribution in [0.1, 0.15) is 54.5 Å². The second-order valence-corrected chi connectivity index (χ2v) is 14.2. The second kappa shape index (κ2) is 14.2. The molecule has 0 saturated heterocycles. The molecule has 0 heterocycles. The molecule has 0 aromatic heterocycles. The summed E-state index contributed by atoms with van der Waals surface area (Å²) in [5.74, 6) is 0. The molecule has 0 saturated carbocycles. The number of fused-ring (bicyclic) bond motifs is 10. The number of nitrogens with zero attached hydrogens (tertiary/aromatic N) is 1. The van der Waals surface area contributed by atoms with Gasteiger partial charge < -0.3 is 4.90 Å². The van der Waals surface area contributed by atoms with Gasteiger partial charge in [-0.1, -0.05) is 164 Å². The molecule has 0 radical (unpaired) electrons. The molecule has 3 aliphatic rings. The van der Waals surface area contributed by atoms with Crippen molar-refractivity contribution in [2.75, 3.05) is 4.90 Å². The van der Waals surface area contributed by atoms with Crippen LogP contribution in [0.15, 0.2) is 200 Å². The molecule has 1 nitrogen and oxygen atoms in total. The topological polar surface area (TPSA) is 3.24 Å². The average molecular weight is 694 g/mol. The average Bonchev–Trinajstić information content (AvgIpc) is 3.72. The van der Waals surface area contributed by atoms with Gasteiger partial charge in [0.2, 0.25) is 0 Å². The maximum atomic E-state index is 2.48. The molecule has 0 bridgehead atoms. The number of benzene rings is 7. The monoisotopic (exact) mass is 693 g/mol. The zero-order valence-electron chi connectivity index (χ0n) is 30.9. The third-order valence-corrected chi connectivity index (χ3v) is 11.2. The van der Waals surface area contributed by atoms with E-state index in [4.69, 9.17) is 0 Å². The standard InChI is InChI=1S/C49H35N.C4H8/c1-3-15-34(16-4-1)36-19-13-21-38(31-36)50(39-22-14-20-37(32-39)35-17-5-2-6-18-35)40-29-30-44-43-25-9-12-28-47(43)49(48(44)33-40)45-26-10-7-23-41(45)42-24-8-11-27-46(42)49;1-3-4-2/h1,3-5,7-33H,2,6H2;3-4H,1-2H3. The number of hydrogen-bond donors (Lipinski definition) is 0. The minimum absolute atomic E-state index is 0.397. The van der Waals surface area contributed by atoms with Gasteiger partial charge in [0.25, 0.3) is 0 Å². The van der Waals surface area contributed by atoms with E-state index >= 15 is 0 Å². The SMILES string of the molecule is C1=CC(c2cccc(N(c3cccc(-c4ccccc4)c3)c3ccc4c(c3)C3(c5ccccc5-c5ccccc53)c3ccccc3-4)c2)=CCC1.CC=CC. The molecule has 260 valence electrons. The Balaban J connectivity index is 0.000000918. The van der Waals surface area contributed by atoms with Crippen molar-refractivity contribution < 1.29 is 0 Å². The van der Waals surface area contributed by atoms with E-state index in [9.17, 15) is 0 Å². The van der Waals surface area contributed by atoms with E-state index in [1.54, 1.807) is 0 Å². The Kier molecular flexibility index (Phi) is 8.77. The summed E-state index contributed by atoms with van der Waals surface area (Å²) in [6.07, 6.45) is 13.1. The highest BCUT2D eigenvalue weighted by Gasteiger charge is 2.51. The minimum Gasteiger partial charge on any atom is -0.310 e. The van der Waals surface area contributed by atoms with Crippen LogP contribution in [-0.4, -0.2) is 0 Å². The van der Waals surface area contributed by atoms with Crippen molar-refractivity contribution in [3.8, 4) is 33.4 Å². The summed E-state index contributed by atoms with van der Waals surface area (Å²) in [6.45, 7) is 4.00. The van der Waals surface area contributed by atoms with Gasteiger partial charge in [0.05, 0.1) is 5.41 Å². The van der Waals surface area contributed by atoms with Gasteiger partial charge in [-0.05, 0) is 130 Å². The van der Waals surface area contributed by atoms with Gasteiger partial charge in [-0.3, -0.25) is 0 Å². The second-order valence-electron chi connectivity index (χ2n) is 14.2. The van der Waals surface area contributed by atoms with Gasteiger partial charge in [0.1, 0.15) is 0 Å². The first kappa shape index (κ1) is 33.4. The van der Waals surface area contributed by atoms with Crippen LogP contribution < -0.4 is 4.90 Å². The maximum absolute atomic E-state index is 2.48. The first-order valence-corrected chi connectivity index (χ1v) is 19.2. The van der Waals surface area contributed by atoms with E-state index < -0.39 is 5.41 Å². The zero-order valence-corrected chi connectivity index (χ0v) is 30.9. The number of allylic oxidation sites excluding steroid dienone is 6. The zero-order chi connectivity index (χ0) is 36.5. The van der Waals surface area contributed by atoms with Crippen molar-refractivity contribution in [3.63, 3.8) is 0 Å². The van der Waals surface area contributed by atoms with E-state index in [-0.39, 0.29) is 0 Å². The van der Waals surface area contributed by atoms with Gasteiger partial charge in [-0.25, -0.2) is 0 Å². The Morgan fingerprint density at radius 1 is 0.426 bits per heavy atom. The molecular formula is C53H43N. The fraction of sp³-hybridized carbons (Fsp3) is 0.0943. The molecule has 7 aromatic carbocycles. The lowest BCUT2D eigenvalue weighted by Crippen LogP contribution is -2.26. The van der Waals surface area contributed by atoms with E-state index in [0.29, 0.717) is 0 Å². The minimum atomic E-state index is -0.397. The molecule has 0 atom stereocenters. The summed E-state index contributed by atoms with van der Waals surface area (Å²) in [5, 5.41) is 0. The van der Waals surface area contributed by atoms with Crippen molar-refractivity contribution in [3.05, 3.63) is 228 Å². The van der Waals surface area contributed by atoms with E-state index in [2.05, 4.69) is 193 Å². The summed E-state index contributed by atoms with van der Waals surface area (Å²) in [5.41, 5.74) is 18.7. The lowest BCUT2D eigenvalue weighted by molar-refractivity contribution is 0.793. The van der Waals surface area contributed by atoms with Gasteiger partial charge in [-0.15, -0.1) is 0 Å². The number of hydrogen-bond acceptors (Lipinski definition) is 1. The lowest BCUT2D eigenvalue weighted by atomic mass is 9.70. The summed E-state index contributed by atoms with van der Waals surface area (Å²) >= 11 is 0. The van der Waals surface area contributed by atoms with Crippen molar-refractivity contribution >= 4 is 22.6 Å². The van der Waals surface area contributed by atoms with Crippen molar-refractivity contribution in [2.45, 2.75) is 32.1 Å².